The molecule has 1 aliphatic heterocycles. The van der Waals surface area contributed by atoms with Crippen LogP contribution in [0, 0.1) is 11.3 Å². The molecule has 1 saturated carbocycles. The molecular weight excluding hydrogens is 434 g/mol. The molecule has 1 amide bonds. The van der Waals surface area contributed by atoms with Crippen molar-refractivity contribution in [1.29, 1.82) is 5.26 Å². The zero-order valence-electron chi connectivity index (χ0n) is 18.6. The lowest BCUT2D eigenvalue weighted by Crippen LogP contribution is -2.48. The Bertz CT molecular complexity index is 1260. The van der Waals surface area contributed by atoms with Gasteiger partial charge in [-0.1, -0.05) is 12.1 Å². The fraction of sp³-hybridized carbons (Fsp3) is 0.360. The van der Waals surface area contributed by atoms with Crippen LogP contribution in [0.1, 0.15) is 37.1 Å². The number of carbonyl (C=O) groups excluding carboxylic acids is 1. The van der Waals surface area contributed by atoms with Gasteiger partial charge in [-0.3, -0.25) is 9.78 Å². The molecule has 2 aromatic heterocycles. The summed E-state index contributed by atoms with van der Waals surface area (Å²) in [6.07, 6.45) is 3.66. The number of nitrogens with zero attached hydrogens (tertiary/aromatic N) is 3. The number of benzene rings is 1. The van der Waals surface area contributed by atoms with Gasteiger partial charge < -0.3 is 25.2 Å². The third-order valence-electron chi connectivity index (χ3n) is 6.38. The Morgan fingerprint density at radius 2 is 1.97 bits per heavy atom. The summed E-state index contributed by atoms with van der Waals surface area (Å²) < 4.78 is 11.1. The summed E-state index contributed by atoms with van der Waals surface area (Å²) in [5, 5.41) is 27.3. The Hall–Kier alpha value is -3.74. The molecule has 34 heavy (non-hydrogen) atoms. The van der Waals surface area contributed by atoms with Gasteiger partial charge in [0.2, 0.25) is 0 Å². The van der Waals surface area contributed by atoms with Crippen LogP contribution in [0.2, 0.25) is 0 Å². The number of ether oxygens (including phenoxy) is 2. The molecule has 3 aromatic rings. The van der Waals surface area contributed by atoms with Crippen LogP contribution < -0.4 is 20.1 Å². The number of para-hydroxylation sites is 1. The minimum absolute atomic E-state index is 0.167. The predicted molar refractivity (Wildman–Crippen MR) is 124 cm³/mol. The largest absolute Gasteiger partial charge is 0.486 e. The SMILES string of the molecule is N#Cc1ccc2cccc(NC(=O)[C@]3(O)CC[C@H](NCc4cc5c(cn4)OCCO5)CC3)c2n1. The average molecular weight is 460 g/mol. The highest BCUT2D eigenvalue weighted by Gasteiger charge is 2.40. The summed E-state index contributed by atoms with van der Waals surface area (Å²) in [5.41, 5.74) is 0.677. The van der Waals surface area contributed by atoms with E-state index in [1.165, 1.54) is 0 Å². The Morgan fingerprint density at radius 3 is 2.76 bits per heavy atom. The molecule has 0 saturated heterocycles. The van der Waals surface area contributed by atoms with Crippen LogP contribution in [0.4, 0.5) is 5.69 Å². The predicted octanol–water partition coefficient (Wildman–Crippen LogP) is 2.67. The summed E-state index contributed by atoms with van der Waals surface area (Å²) in [6.45, 7) is 1.62. The third-order valence-corrected chi connectivity index (χ3v) is 6.38. The summed E-state index contributed by atoms with van der Waals surface area (Å²) >= 11 is 0. The van der Waals surface area contributed by atoms with Gasteiger partial charge >= 0.3 is 0 Å². The second kappa shape index (κ2) is 9.25. The fourth-order valence-corrected chi connectivity index (χ4v) is 4.41. The number of rotatable bonds is 5. The van der Waals surface area contributed by atoms with Crippen LogP contribution >= 0.6 is 0 Å². The lowest BCUT2D eigenvalue weighted by atomic mass is 9.81. The quantitative estimate of drug-likeness (QED) is 0.531. The molecule has 5 rings (SSSR count). The zero-order valence-corrected chi connectivity index (χ0v) is 18.6. The van der Waals surface area contributed by atoms with Gasteiger partial charge in [0.25, 0.3) is 5.91 Å². The van der Waals surface area contributed by atoms with Gasteiger partial charge in [0.15, 0.2) is 11.5 Å². The van der Waals surface area contributed by atoms with E-state index in [1.807, 2.05) is 24.3 Å². The fourth-order valence-electron chi connectivity index (χ4n) is 4.41. The van der Waals surface area contributed by atoms with E-state index in [1.54, 1.807) is 24.4 Å². The lowest BCUT2D eigenvalue weighted by molar-refractivity contribution is -0.137. The van der Waals surface area contributed by atoms with Crippen LogP contribution in [-0.2, 0) is 11.3 Å². The molecule has 0 atom stereocenters. The molecule has 2 aliphatic rings. The van der Waals surface area contributed by atoms with Gasteiger partial charge in [0.1, 0.15) is 30.6 Å². The van der Waals surface area contributed by atoms with Crippen LogP contribution in [0.3, 0.4) is 0 Å². The van der Waals surface area contributed by atoms with Gasteiger partial charge in [0, 0.05) is 24.0 Å². The summed E-state index contributed by atoms with van der Waals surface area (Å²) in [4.78, 5) is 21.7. The Labute approximate surface area is 196 Å². The average Bonchev–Trinajstić information content (AvgIpc) is 2.88. The first-order chi connectivity index (χ1) is 16.5. The minimum Gasteiger partial charge on any atom is -0.486 e. The molecule has 0 bridgehead atoms. The highest BCUT2D eigenvalue weighted by atomic mass is 16.6. The maximum absolute atomic E-state index is 13.0. The molecule has 1 aromatic carbocycles. The molecule has 9 heteroatoms. The number of pyridine rings is 2. The number of hydrogen-bond donors (Lipinski definition) is 3. The number of fused-ring (bicyclic) bond motifs is 2. The second-order valence-corrected chi connectivity index (χ2v) is 8.65. The molecule has 1 fully saturated rings. The van der Waals surface area contributed by atoms with Gasteiger partial charge in [-0.15, -0.1) is 0 Å². The Kier molecular flexibility index (Phi) is 6.01. The van der Waals surface area contributed by atoms with E-state index in [0.717, 1.165) is 11.1 Å². The molecule has 0 spiro atoms. The monoisotopic (exact) mass is 459 g/mol. The van der Waals surface area contributed by atoms with Gasteiger partial charge in [-0.05, 0) is 43.9 Å². The number of aliphatic hydroxyl groups is 1. The highest BCUT2D eigenvalue weighted by molar-refractivity contribution is 6.03. The van der Waals surface area contributed by atoms with Crippen molar-refractivity contribution in [3.8, 4) is 17.6 Å². The molecule has 3 N–H and O–H groups in total. The number of carbonyl (C=O) groups is 1. The first-order valence-electron chi connectivity index (χ1n) is 11.4. The summed E-state index contributed by atoms with van der Waals surface area (Å²) in [6, 6.07) is 12.9. The maximum atomic E-state index is 13.0. The number of hydrogen-bond acceptors (Lipinski definition) is 8. The van der Waals surface area contributed by atoms with Crippen LogP contribution in [0.5, 0.6) is 11.5 Å². The molecule has 0 radical (unpaired) electrons. The normalized spacial score (nSPS) is 21.6. The van der Waals surface area contributed by atoms with Crippen molar-refractivity contribution in [3.63, 3.8) is 0 Å². The van der Waals surface area contributed by atoms with E-state index < -0.39 is 11.5 Å². The standard InChI is InChI=1S/C25H25N5O4/c26-13-18-5-4-16-2-1-3-20(23(16)29-18)30-24(31)25(32)8-6-17(7-9-25)27-14-19-12-21-22(15-28-19)34-11-10-33-21/h1-5,12,15,17,27,32H,6-11,14H2,(H,30,31)/t17-,25-. The topological polar surface area (TPSA) is 129 Å². The Morgan fingerprint density at radius 1 is 1.18 bits per heavy atom. The number of anilines is 1. The zero-order chi connectivity index (χ0) is 23.5. The number of amides is 1. The van der Waals surface area contributed by atoms with Crippen LogP contribution in [0.25, 0.3) is 10.9 Å². The van der Waals surface area contributed by atoms with E-state index >= 15 is 0 Å². The number of aromatic nitrogens is 2. The molecular formula is C25H25N5O4. The Balaban J connectivity index is 1.19. The van der Waals surface area contributed by atoms with Gasteiger partial charge in [-0.2, -0.15) is 5.26 Å². The first-order valence-corrected chi connectivity index (χ1v) is 11.4. The molecule has 0 unspecified atom stereocenters. The van der Waals surface area contributed by atoms with E-state index in [-0.39, 0.29) is 11.7 Å². The van der Waals surface area contributed by atoms with Crippen LogP contribution in [0.15, 0.2) is 42.6 Å². The first kappa shape index (κ1) is 22.1. The number of nitrogens with one attached hydrogen (secondary N) is 2. The molecule has 3 heterocycles. The van der Waals surface area contributed by atoms with Crippen LogP contribution in [-0.4, -0.2) is 45.8 Å². The van der Waals surface area contributed by atoms with Crippen molar-refractivity contribution >= 4 is 22.5 Å². The van der Waals surface area contributed by atoms with Crippen molar-refractivity contribution < 1.29 is 19.4 Å². The maximum Gasteiger partial charge on any atom is 0.256 e. The smallest absolute Gasteiger partial charge is 0.256 e. The van der Waals surface area contributed by atoms with Crippen molar-refractivity contribution in [2.24, 2.45) is 0 Å². The van der Waals surface area contributed by atoms with Crippen molar-refractivity contribution in [1.82, 2.24) is 15.3 Å². The van der Waals surface area contributed by atoms with E-state index in [2.05, 4.69) is 20.6 Å². The van der Waals surface area contributed by atoms with Crippen molar-refractivity contribution in [3.05, 3.63) is 54.0 Å². The van der Waals surface area contributed by atoms with Gasteiger partial charge in [0.05, 0.1) is 23.1 Å². The summed E-state index contributed by atoms with van der Waals surface area (Å²) in [7, 11) is 0. The second-order valence-electron chi connectivity index (χ2n) is 8.65. The summed E-state index contributed by atoms with van der Waals surface area (Å²) in [5.74, 6) is 0.919. The van der Waals surface area contributed by atoms with E-state index in [9.17, 15) is 9.90 Å². The van der Waals surface area contributed by atoms with E-state index in [4.69, 9.17) is 14.7 Å². The molecule has 174 valence electrons. The molecule has 1 aliphatic carbocycles. The highest BCUT2D eigenvalue weighted by Crippen LogP contribution is 2.32. The lowest BCUT2D eigenvalue weighted by Gasteiger charge is -2.35. The third kappa shape index (κ3) is 4.51. The van der Waals surface area contributed by atoms with E-state index in [0.29, 0.717) is 68.1 Å². The molecule has 9 nitrogen and oxygen atoms in total. The van der Waals surface area contributed by atoms with Crippen molar-refractivity contribution in [2.45, 2.75) is 43.9 Å². The minimum atomic E-state index is -1.46. The number of nitriles is 1. The van der Waals surface area contributed by atoms with Crippen molar-refractivity contribution in [2.75, 3.05) is 18.5 Å². The van der Waals surface area contributed by atoms with Gasteiger partial charge in [-0.25, -0.2) is 4.98 Å².